The van der Waals surface area contributed by atoms with E-state index in [2.05, 4.69) is 0 Å². The van der Waals surface area contributed by atoms with E-state index in [1.165, 1.54) is 26.4 Å². The first-order valence-electron chi connectivity index (χ1n) is 13.7. The molecule has 10 nitrogen and oxygen atoms in total. The van der Waals surface area contributed by atoms with E-state index in [0.717, 1.165) is 24.2 Å². The fraction of sp³-hybridized carbons (Fsp3) is 0.323. The molecule has 1 aliphatic heterocycles. The van der Waals surface area contributed by atoms with Crippen LogP contribution >= 0.6 is 23.2 Å². The van der Waals surface area contributed by atoms with Gasteiger partial charge in [0.25, 0.3) is 5.91 Å². The number of carbonyl (C=O) groups excluding carboxylic acids is 3. The minimum Gasteiger partial charge on any atom is -0.497 e. The Labute approximate surface area is 259 Å². The van der Waals surface area contributed by atoms with E-state index in [4.69, 9.17) is 46.9 Å². The van der Waals surface area contributed by atoms with Gasteiger partial charge in [-0.2, -0.15) is 0 Å². The van der Waals surface area contributed by atoms with E-state index < -0.39 is 18.6 Å². The van der Waals surface area contributed by atoms with E-state index in [1.54, 1.807) is 54.3 Å². The van der Waals surface area contributed by atoms with Gasteiger partial charge in [-0.3, -0.25) is 14.5 Å². The van der Waals surface area contributed by atoms with Gasteiger partial charge in [-0.1, -0.05) is 23.2 Å². The third-order valence-electron chi connectivity index (χ3n) is 6.64. The molecule has 1 fully saturated rings. The lowest BCUT2D eigenvalue weighted by molar-refractivity contribution is -0.141. The molecule has 3 aromatic rings. The number of carbonyl (C=O) groups is 3. The van der Waals surface area contributed by atoms with E-state index >= 15 is 0 Å². The van der Waals surface area contributed by atoms with Gasteiger partial charge < -0.3 is 28.6 Å². The van der Waals surface area contributed by atoms with E-state index in [9.17, 15) is 14.4 Å². The fourth-order valence-corrected chi connectivity index (χ4v) is 5.05. The van der Waals surface area contributed by atoms with E-state index in [-0.39, 0.29) is 39.7 Å². The van der Waals surface area contributed by atoms with E-state index in [1.807, 2.05) is 0 Å². The predicted molar refractivity (Wildman–Crippen MR) is 162 cm³/mol. The highest BCUT2D eigenvalue weighted by Gasteiger charge is 2.26. The van der Waals surface area contributed by atoms with Gasteiger partial charge in [-0.05, 0) is 80.8 Å². The van der Waals surface area contributed by atoms with Gasteiger partial charge in [0, 0.05) is 13.1 Å². The summed E-state index contributed by atoms with van der Waals surface area (Å²) in [5.74, 6) is 0.808. The van der Waals surface area contributed by atoms with Crippen molar-refractivity contribution in [1.29, 1.82) is 0 Å². The number of amides is 2. The first kappa shape index (κ1) is 31.8. The number of hydrogen-bond donors (Lipinski definition) is 0. The van der Waals surface area contributed by atoms with Crippen LogP contribution in [0.5, 0.6) is 28.7 Å². The number of esters is 1. The molecule has 0 radical (unpaired) electrons. The van der Waals surface area contributed by atoms with Gasteiger partial charge in [-0.15, -0.1) is 0 Å². The fourth-order valence-electron chi connectivity index (χ4n) is 4.50. The van der Waals surface area contributed by atoms with Gasteiger partial charge in [0.2, 0.25) is 0 Å². The number of ether oxygens (including phenoxy) is 5. The molecule has 2 amide bonds. The molecule has 12 heteroatoms. The number of nitrogens with zero attached hydrogens (tertiary/aromatic N) is 2. The maximum atomic E-state index is 13.2. The Hall–Kier alpha value is -4.15. The molecule has 1 aliphatic rings. The van der Waals surface area contributed by atoms with Crippen LogP contribution in [0.2, 0.25) is 10.0 Å². The normalized spacial score (nSPS) is 12.7. The van der Waals surface area contributed by atoms with Crippen LogP contribution in [-0.4, -0.2) is 63.3 Å². The average Bonchev–Trinajstić information content (AvgIpc) is 3.02. The molecule has 3 aromatic carbocycles. The molecule has 43 heavy (non-hydrogen) atoms. The van der Waals surface area contributed by atoms with Gasteiger partial charge >= 0.3 is 12.1 Å². The number of halogens is 2. The molecule has 0 N–H and O–H groups in total. The summed E-state index contributed by atoms with van der Waals surface area (Å²) in [6.45, 7) is 2.67. The maximum Gasteiger partial charge on any atom is 0.420 e. The first-order valence-corrected chi connectivity index (χ1v) is 14.4. The summed E-state index contributed by atoms with van der Waals surface area (Å²) < 4.78 is 27.1. The summed E-state index contributed by atoms with van der Waals surface area (Å²) in [5.41, 5.74) is 0.525. The van der Waals surface area contributed by atoms with Gasteiger partial charge in [0.05, 0.1) is 42.1 Å². The summed E-state index contributed by atoms with van der Waals surface area (Å²) in [6, 6.07) is 14.0. The molecule has 0 aliphatic carbocycles. The van der Waals surface area contributed by atoms with Crippen molar-refractivity contribution in [1.82, 2.24) is 4.90 Å². The number of piperidine rings is 1. The largest absolute Gasteiger partial charge is 0.497 e. The Morgan fingerprint density at radius 2 is 1.47 bits per heavy atom. The van der Waals surface area contributed by atoms with Crippen molar-refractivity contribution in [2.45, 2.75) is 26.2 Å². The maximum absolute atomic E-state index is 13.2. The zero-order chi connectivity index (χ0) is 30.9. The summed E-state index contributed by atoms with van der Waals surface area (Å²) in [4.78, 5) is 41.7. The Morgan fingerprint density at radius 3 is 2.07 bits per heavy atom. The number of likely N-dealkylation sites (tertiary alicyclic amines) is 1. The van der Waals surface area contributed by atoms with Gasteiger partial charge in [-0.25, -0.2) is 4.79 Å². The quantitative estimate of drug-likeness (QED) is 0.221. The molecule has 0 spiro atoms. The number of rotatable bonds is 10. The molecular formula is C31H32Cl2N2O8. The molecule has 0 atom stereocenters. The van der Waals surface area contributed by atoms with Gasteiger partial charge in [0.1, 0.15) is 29.5 Å². The minimum absolute atomic E-state index is 0.0494. The third kappa shape index (κ3) is 8.03. The second kappa shape index (κ2) is 14.8. The van der Waals surface area contributed by atoms with Crippen LogP contribution in [-0.2, 0) is 9.53 Å². The second-order valence-electron chi connectivity index (χ2n) is 9.49. The highest BCUT2D eigenvalue weighted by atomic mass is 35.5. The third-order valence-corrected chi connectivity index (χ3v) is 7.20. The summed E-state index contributed by atoms with van der Waals surface area (Å²) in [6.07, 6.45) is 2.12. The lowest BCUT2D eigenvalue weighted by Crippen LogP contribution is -2.38. The van der Waals surface area contributed by atoms with Crippen molar-refractivity contribution in [2.24, 2.45) is 0 Å². The monoisotopic (exact) mass is 630 g/mol. The highest BCUT2D eigenvalue weighted by Crippen LogP contribution is 2.41. The molecule has 4 rings (SSSR count). The first-order chi connectivity index (χ1) is 20.7. The van der Waals surface area contributed by atoms with Gasteiger partial charge in [0.15, 0.2) is 5.75 Å². The zero-order valence-corrected chi connectivity index (χ0v) is 25.6. The number of methoxy groups -OCH3 is 2. The van der Waals surface area contributed by atoms with Crippen LogP contribution < -0.4 is 23.8 Å². The number of anilines is 1. The van der Waals surface area contributed by atoms with Crippen molar-refractivity contribution < 1.29 is 38.1 Å². The predicted octanol–water partition coefficient (Wildman–Crippen LogP) is 7.00. The number of benzene rings is 3. The van der Waals surface area contributed by atoms with Crippen LogP contribution in [0.15, 0.2) is 54.6 Å². The van der Waals surface area contributed by atoms with Crippen LogP contribution in [0.1, 0.15) is 36.5 Å². The lowest BCUT2D eigenvalue weighted by atomic mass is 10.1. The Bertz CT molecular complexity index is 1440. The lowest BCUT2D eigenvalue weighted by Gasteiger charge is -2.27. The van der Waals surface area contributed by atoms with Crippen LogP contribution in [0, 0.1) is 0 Å². The smallest absolute Gasteiger partial charge is 0.420 e. The van der Waals surface area contributed by atoms with E-state index in [0.29, 0.717) is 35.9 Å². The Morgan fingerprint density at radius 1 is 0.837 bits per heavy atom. The van der Waals surface area contributed by atoms with Crippen LogP contribution in [0.4, 0.5) is 10.5 Å². The Kier molecular flexibility index (Phi) is 11.0. The molecule has 0 unspecified atom stereocenters. The second-order valence-corrected chi connectivity index (χ2v) is 10.3. The zero-order valence-electron chi connectivity index (χ0n) is 24.1. The minimum atomic E-state index is -0.866. The van der Waals surface area contributed by atoms with Crippen molar-refractivity contribution >= 4 is 46.9 Å². The average molecular weight is 632 g/mol. The van der Waals surface area contributed by atoms with Crippen LogP contribution in [0.3, 0.4) is 0 Å². The molecular weight excluding hydrogens is 599 g/mol. The Balaban J connectivity index is 1.60. The molecule has 1 saturated heterocycles. The molecule has 228 valence electrons. The SMILES string of the molecule is CCOC(=O)CN(C(=O)Oc1ccc(OC)cc1)c1cc(Cl)c(Oc2ccc(OC)c(C(=O)N3CCCCC3)c2)c(Cl)c1. The summed E-state index contributed by atoms with van der Waals surface area (Å²) in [5, 5.41) is 0.0988. The van der Waals surface area contributed by atoms with Crippen molar-refractivity contribution in [2.75, 3.05) is 45.4 Å². The molecule has 0 aromatic heterocycles. The van der Waals surface area contributed by atoms with Crippen LogP contribution in [0.25, 0.3) is 0 Å². The summed E-state index contributed by atoms with van der Waals surface area (Å²) in [7, 11) is 3.02. The number of hydrogen-bond acceptors (Lipinski definition) is 8. The van der Waals surface area contributed by atoms with Crippen molar-refractivity contribution in [3.63, 3.8) is 0 Å². The highest BCUT2D eigenvalue weighted by molar-refractivity contribution is 6.37. The topological polar surface area (TPSA) is 104 Å². The molecule has 0 bridgehead atoms. The standard InChI is InChI=1S/C31H32Cl2N2O8/c1-4-41-28(36)19-35(31(38)43-22-10-8-21(39-2)9-11-22)20-16-25(32)29(26(33)17-20)42-23-12-13-27(40-3)24(18-23)30(37)34-14-6-5-7-15-34/h8-13,16-18H,4-7,14-15,19H2,1-3H3. The molecule has 0 saturated carbocycles. The van der Waals surface area contributed by atoms with Crippen molar-refractivity contribution in [3.05, 3.63) is 70.2 Å². The van der Waals surface area contributed by atoms with Crippen molar-refractivity contribution in [3.8, 4) is 28.7 Å². The summed E-state index contributed by atoms with van der Waals surface area (Å²) >= 11 is 13.2. The molecule has 1 heterocycles.